The van der Waals surface area contributed by atoms with Crippen molar-refractivity contribution in [2.75, 3.05) is 11.9 Å². The van der Waals surface area contributed by atoms with Gasteiger partial charge in [-0.3, -0.25) is 4.40 Å². The van der Waals surface area contributed by atoms with Gasteiger partial charge in [-0.1, -0.05) is 6.07 Å². The van der Waals surface area contributed by atoms with Crippen molar-refractivity contribution in [1.82, 2.24) is 19.5 Å². The van der Waals surface area contributed by atoms with E-state index in [2.05, 4.69) is 15.7 Å². The van der Waals surface area contributed by atoms with Crippen molar-refractivity contribution in [2.45, 2.75) is 13.0 Å². The largest absolute Gasteiger partial charge is 0.350 e. The van der Waals surface area contributed by atoms with Gasteiger partial charge in [-0.2, -0.15) is 0 Å². The van der Waals surface area contributed by atoms with Crippen LogP contribution in [0.25, 0.3) is 5.65 Å². The summed E-state index contributed by atoms with van der Waals surface area (Å²) in [6.07, 6.45) is 2.10. The number of nitrogens with one attached hydrogen (secondary N) is 2. The lowest BCUT2D eigenvalue weighted by Gasteiger charge is -2.07. The van der Waals surface area contributed by atoms with Crippen LogP contribution in [0, 0.1) is 11.6 Å². The van der Waals surface area contributed by atoms with Gasteiger partial charge >= 0.3 is 11.7 Å². The van der Waals surface area contributed by atoms with E-state index in [0.717, 1.165) is 18.2 Å². The van der Waals surface area contributed by atoms with Crippen LogP contribution in [0.3, 0.4) is 0 Å². The summed E-state index contributed by atoms with van der Waals surface area (Å²) in [7, 11) is 0. The van der Waals surface area contributed by atoms with Gasteiger partial charge in [-0.05, 0) is 30.7 Å². The average molecular weight is 347 g/mol. The number of urea groups is 1. The van der Waals surface area contributed by atoms with E-state index in [4.69, 9.17) is 0 Å². The number of aromatic nitrogens is 3. The molecule has 1 aromatic carbocycles. The Bertz CT molecular complexity index is 946. The quantitative estimate of drug-likeness (QED) is 0.693. The Kier molecular flexibility index (Phi) is 4.73. The summed E-state index contributed by atoms with van der Waals surface area (Å²) < 4.78 is 28.8. The monoisotopic (exact) mass is 347 g/mol. The molecule has 0 spiro atoms. The number of hydrogen-bond donors (Lipinski definition) is 2. The smallest absolute Gasteiger partial charge is 0.338 e. The van der Waals surface area contributed by atoms with Crippen LogP contribution in [0.4, 0.5) is 19.3 Å². The molecule has 3 rings (SSSR count). The number of rotatable bonds is 5. The van der Waals surface area contributed by atoms with Gasteiger partial charge in [0, 0.05) is 31.0 Å². The van der Waals surface area contributed by atoms with E-state index in [1.54, 1.807) is 24.4 Å². The second kappa shape index (κ2) is 7.12. The predicted molar refractivity (Wildman–Crippen MR) is 87.4 cm³/mol. The molecule has 0 radical (unpaired) electrons. The first-order valence-electron chi connectivity index (χ1n) is 7.58. The molecule has 2 heterocycles. The van der Waals surface area contributed by atoms with Crippen LogP contribution in [-0.4, -0.2) is 26.8 Å². The molecule has 0 saturated carbocycles. The van der Waals surface area contributed by atoms with Crippen molar-refractivity contribution >= 4 is 17.4 Å². The number of anilines is 1. The second-order valence-electron chi connectivity index (χ2n) is 5.33. The highest BCUT2D eigenvalue weighted by atomic mass is 19.1. The number of fused-ring (bicyclic) bond motifs is 1. The van der Waals surface area contributed by atoms with Crippen LogP contribution < -0.4 is 16.3 Å². The van der Waals surface area contributed by atoms with Crippen LogP contribution >= 0.6 is 0 Å². The molecule has 3 aromatic rings. The Labute approximate surface area is 140 Å². The maximum absolute atomic E-state index is 13.0. The zero-order valence-electron chi connectivity index (χ0n) is 13.1. The molecule has 9 heteroatoms. The molecule has 25 heavy (non-hydrogen) atoms. The van der Waals surface area contributed by atoms with E-state index in [0.29, 0.717) is 18.6 Å². The fourth-order valence-corrected chi connectivity index (χ4v) is 2.35. The fraction of sp³-hybridized carbons (Fsp3) is 0.188. The molecule has 2 amide bonds. The molecule has 0 bridgehead atoms. The fourth-order valence-electron chi connectivity index (χ4n) is 2.35. The predicted octanol–water partition coefficient (Wildman–Crippen LogP) is 1.99. The van der Waals surface area contributed by atoms with Gasteiger partial charge in [-0.15, -0.1) is 5.10 Å². The molecule has 0 unspecified atom stereocenters. The van der Waals surface area contributed by atoms with Gasteiger partial charge < -0.3 is 10.6 Å². The third-order valence-electron chi connectivity index (χ3n) is 3.44. The lowest BCUT2D eigenvalue weighted by Crippen LogP contribution is -2.31. The maximum Gasteiger partial charge on any atom is 0.350 e. The number of benzene rings is 1. The molecule has 2 aromatic heterocycles. The molecule has 130 valence electrons. The second-order valence-corrected chi connectivity index (χ2v) is 5.33. The van der Waals surface area contributed by atoms with E-state index in [9.17, 15) is 18.4 Å². The normalized spacial score (nSPS) is 10.8. The first-order valence-corrected chi connectivity index (χ1v) is 7.58. The van der Waals surface area contributed by atoms with E-state index >= 15 is 0 Å². The average Bonchev–Trinajstić information content (AvgIpc) is 2.87. The first kappa shape index (κ1) is 16.6. The Morgan fingerprint density at radius 2 is 1.92 bits per heavy atom. The van der Waals surface area contributed by atoms with Crippen LogP contribution in [0.15, 0.2) is 47.4 Å². The molecule has 2 N–H and O–H groups in total. The van der Waals surface area contributed by atoms with Crippen molar-refractivity contribution < 1.29 is 13.6 Å². The SMILES string of the molecule is O=C(NCCCn1nc2ccccn2c1=O)Nc1cc(F)cc(F)c1. The Hall–Kier alpha value is -3.23. The van der Waals surface area contributed by atoms with Crippen LogP contribution in [0.2, 0.25) is 0 Å². The topological polar surface area (TPSA) is 80.4 Å². The summed E-state index contributed by atoms with van der Waals surface area (Å²) in [4.78, 5) is 23.8. The van der Waals surface area contributed by atoms with Gasteiger partial charge in [0.25, 0.3) is 0 Å². The number of nitrogens with zero attached hydrogens (tertiary/aromatic N) is 3. The van der Waals surface area contributed by atoms with Gasteiger partial charge in [0.05, 0.1) is 0 Å². The Balaban J connectivity index is 1.50. The highest BCUT2D eigenvalue weighted by molar-refractivity contribution is 5.89. The lowest BCUT2D eigenvalue weighted by atomic mass is 10.3. The minimum absolute atomic E-state index is 0.0200. The van der Waals surface area contributed by atoms with E-state index in [1.165, 1.54) is 9.08 Å². The zero-order chi connectivity index (χ0) is 17.8. The molecule has 7 nitrogen and oxygen atoms in total. The standard InChI is InChI=1S/C16H15F2N5O2/c17-11-8-12(18)10-13(9-11)20-15(24)19-5-3-7-23-16(25)22-6-2-1-4-14(22)21-23/h1-2,4,6,8-10H,3,5,7H2,(H2,19,20,24). The summed E-state index contributed by atoms with van der Waals surface area (Å²) in [5.41, 5.74) is 0.313. The van der Waals surface area contributed by atoms with Crippen molar-refractivity contribution in [3.8, 4) is 0 Å². The van der Waals surface area contributed by atoms with Crippen molar-refractivity contribution in [3.05, 3.63) is 64.7 Å². The molecule has 0 aliphatic rings. The number of aryl methyl sites for hydroxylation is 1. The van der Waals surface area contributed by atoms with E-state index in [-0.39, 0.29) is 17.9 Å². The van der Waals surface area contributed by atoms with Crippen molar-refractivity contribution in [2.24, 2.45) is 0 Å². The third kappa shape index (κ3) is 4.00. The summed E-state index contributed by atoms with van der Waals surface area (Å²) in [6.45, 7) is 0.597. The number of amides is 2. The molecule has 0 aliphatic heterocycles. The van der Waals surface area contributed by atoms with Crippen LogP contribution in [-0.2, 0) is 6.54 Å². The Morgan fingerprint density at radius 3 is 2.64 bits per heavy atom. The zero-order valence-corrected chi connectivity index (χ0v) is 13.1. The highest BCUT2D eigenvalue weighted by Crippen LogP contribution is 2.12. The summed E-state index contributed by atoms with van der Waals surface area (Å²) in [5.74, 6) is -1.55. The third-order valence-corrected chi connectivity index (χ3v) is 3.44. The molecular formula is C16H15F2N5O2. The van der Waals surface area contributed by atoms with Crippen LogP contribution in [0.5, 0.6) is 0 Å². The van der Waals surface area contributed by atoms with Crippen molar-refractivity contribution in [1.29, 1.82) is 0 Å². The number of carbonyl (C=O) groups is 1. The summed E-state index contributed by atoms with van der Waals surface area (Å²) in [6, 6.07) is 7.40. The van der Waals surface area contributed by atoms with E-state index < -0.39 is 17.7 Å². The number of halogens is 2. The number of carbonyl (C=O) groups excluding carboxylic acids is 1. The molecule has 0 fully saturated rings. The molecular weight excluding hydrogens is 332 g/mol. The molecule has 0 aliphatic carbocycles. The molecule has 0 saturated heterocycles. The van der Waals surface area contributed by atoms with E-state index in [1.807, 2.05) is 0 Å². The Morgan fingerprint density at radius 1 is 1.16 bits per heavy atom. The molecule has 0 atom stereocenters. The van der Waals surface area contributed by atoms with Gasteiger partial charge in [0.15, 0.2) is 5.65 Å². The highest BCUT2D eigenvalue weighted by Gasteiger charge is 2.07. The summed E-state index contributed by atoms with van der Waals surface area (Å²) in [5, 5.41) is 9.06. The summed E-state index contributed by atoms with van der Waals surface area (Å²) >= 11 is 0. The van der Waals surface area contributed by atoms with Crippen LogP contribution in [0.1, 0.15) is 6.42 Å². The lowest BCUT2D eigenvalue weighted by molar-refractivity contribution is 0.251. The maximum atomic E-state index is 13.0. The van der Waals surface area contributed by atoms with Gasteiger partial charge in [0.2, 0.25) is 0 Å². The van der Waals surface area contributed by atoms with Gasteiger partial charge in [-0.25, -0.2) is 23.1 Å². The van der Waals surface area contributed by atoms with Gasteiger partial charge in [0.1, 0.15) is 11.6 Å². The minimum Gasteiger partial charge on any atom is -0.338 e. The number of pyridine rings is 1. The van der Waals surface area contributed by atoms with Crippen molar-refractivity contribution in [3.63, 3.8) is 0 Å². The minimum atomic E-state index is -0.776. The number of hydrogen-bond acceptors (Lipinski definition) is 3. The first-order chi connectivity index (χ1) is 12.0.